The summed E-state index contributed by atoms with van der Waals surface area (Å²) in [5.74, 6) is 3.32. The first-order valence-electron chi connectivity index (χ1n) is 11.1. The first kappa shape index (κ1) is 20.8. The SMILES string of the molecule is CCCNC(=S)Nc1nc(N2CCC(C)CC2)cc(N2CCc3ccccc3C2)n1. The number of benzene rings is 1. The lowest BCUT2D eigenvalue weighted by molar-refractivity contribution is 0.436. The Balaban J connectivity index is 1.59. The highest BCUT2D eigenvalue weighted by Gasteiger charge is 2.22. The van der Waals surface area contributed by atoms with Crippen molar-refractivity contribution in [1.82, 2.24) is 15.3 Å². The van der Waals surface area contributed by atoms with E-state index in [9.17, 15) is 0 Å². The Labute approximate surface area is 185 Å². The molecule has 3 heterocycles. The first-order chi connectivity index (χ1) is 14.6. The van der Waals surface area contributed by atoms with Crippen molar-refractivity contribution in [3.8, 4) is 0 Å². The Morgan fingerprint density at radius 2 is 1.77 bits per heavy atom. The molecule has 1 aromatic carbocycles. The minimum Gasteiger partial charge on any atom is -0.362 e. The smallest absolute Gasteiger partial charge is 0.232 e. The van der Waals surface area contributed by atoms with Crippen LogP contribution in [0.1, 0.15) is 44.2 Å². The molecule has 1 fully saturated rings. The van der Waals surface area contributed by atoms with E-state index < -0.39 is 0 Å². The van der Waals surface area contributed by atoms with Gasteiger partial charge in [-0.3, -0.25) is 0 Å². The molecule has 0 spiro atoms. The minimum absolute atomic E-state index is 0.577. The van der Waals surface area contributed by atoms with E-state index >= 15 is 0 Å². The second-order valence-corrected chi connectivity index (χ2v) is 8.81. The molecule has 2 aromatic rings. The Morgan fingerprint density at radius 1 is 1.07 bits per heavy atom. The largest absolute Gasteiger partial charge is 0.362 e. The third kappa shape index (κ3) is 5.01. The van der Waals surface area contributed by atoms with Crippen molar-refractivity contribution >= 4 is 34.9 Å². The maximum absolute atomic E-state index is 5.44. The lowest BCUT2D eigenvalue weighted by atomic mass is 9.99. The van der Waals surface area contributed by atoms with Gasteiger partial charge in [0.1, 0.15) is 11.6 Å². The summed E-state index contributed by atoms with van der Waals surface area (Å²) in [4.78, 5) is 14.4. The number of anilines is 3. The van der Waals surface area contributed by atoms with Gasteiger partial charge in [0, 0.05) is 38.8 Å². The van der Waals surface area contributed by atoms with E-state index in [1.807, 2.05) is 0 Å². The fourth-order valence-electron chi connectivity index (χ4n) is 4.12. The third-order valence-corrected chi connectivity index (χ3v) is 6.27. The van der Waals surface area contributed by atoms with Crippen molar-refractivity contribution in [3.63, 3.8) is 0 Å². The molecular weight excluding hydrogens is 392 g/mol. The van der Waals surface area contributed by atoms with Crippen LogP contribution >= 0.6 is 12.2 Å². The number of nitrogens with one attached hydrogen (secondary N) is 2. The van der Waals surface area contributed by atoms with Gasteiger partial charge in [0.2, 0.25) is 5.95 Å². The van der Waals surface area contributed by atoms with Gasteiger partial charge in [-0.15, -0.1) is 0 Å². The van der Waals surface area contributed by atoms with E-state index in [0.717, 1.165) is 63.1 Å². The van der Waals surface area contributed by atoms with E-state index in [1.165, 1.54) is 24.0 Å². The predicted molar refractivity (Wildman–Crippen MR) is 128 cm³/mol. The number of piperidine rings is 1. The van der Waals surface area contributed by atoms with Gasteiger partial charge in [-0.1, -0.05) is 38.1 Å². The molecular formula is C23H32N6S. The molecule has 0 unspecified atom stereocenters. The van der Waals surface area contributed by atoms with Gasteiger partial charge >= 0.3 is 0 Å². The Hall–Kier alpha value is -2.41. The molecule has 2 aliphatic heterocycles. The van der Waals surface area contributed by atoms with Gasteiger partial charge in [-0.2, -0.15) is 9.97 Å². The maximum atomic E-state index is 5.44. The maximum Gasteiger partial charge on any atom is 0.232 e. The summed E-state index contributed by atoms with van der Waals surface area (Å²) in [5, 5.41) is 7.00. The van der Waals surface area contributed by atoms with Crippen LogP contribution < -0.4 is 20.4 Å². The van der Waals surface area contributed by atoms with Crippen molar-refractivity contribution in [2.75, 3.05) is 41.3 Å². The highest BCUT2D eigenvalue weighted by Crippen LogP contribution is 2.28. The molecule has 2 aliphatic rings. The van der Waals surface area contributed by atoms with Gasteiger partial charge in [0.05, 0.1) is 0 Å². The van der Waals surface area contributed by atoms with Gasteiger partial charge in [0.25, 0.3) is 0 Å². The van der Waals surface area contributed by atoms with Crippen molar-refractivity contribution in [2.24, 2.45) is 5.92 Å². The summed E-state index contributed by atoms with van der Waals surface area (Å²) in [7, 11) is 0. The average Bonchev–Trinajstić information content (AvgIpc) is 2.77. The number of fused-ring (bicyclic) bond motifs is 1. The second kappa shape index (κ2) is 9.60. The van der Waals surface area contributed by atoms with Gasteiger partial charge in [0.15, 0.2) is 5.11 Å². The molecule has 0 amide bonds. The summed E-state index contributed by atoms with van der Waals surface area (Å²) in [6.07, 6.45) is 4.47. The number of hydrogen-bond donors (Lipinski definition) is 2. The molecule has 0 aliphatic carbocycles. The molecule has 2 N–H and O–H groups in total. The zero-order valence-electron chi connectivity index (χ0n) is 18.0. The van der Waals surface area contributed by atoms with Crippen LogP contribution in [0.5, 0.6) is 0 Å². The lowest BCUT2D eigenvalue weighted by Crippen LogP contribution is -2.35. The Morgan fingerprint density at radius 3 is 2.50 bits per heavy atom. The van der Waals surface area contributed by atoms with E-state index in [2.05, 4.69) is 64.6 Å². The molecule has 0 atom stereocenters. The van der Waals surface area contributed by atoms with E-state index in [1.54, 1.807) is 0 Å². The van der Waals surface area contributed by atoms with Crippen LogP contribution in [0, 0.1) is 5.92 Å². The summed E-state index contributed by atoms with van der Waals surface area (Å²) in [5.41, 5.74) is 2.82. The normalized spacial score (nSPS) is 16.9. The highest BCUT2D eigenvalue weighted by molar-refractivity contribution is 7.80. The number of thiocarbonyl (C=S) groups is 1. The zero-order chi connectivity index (χ0) is 20.9. The van der Waals surface area contributed by atoms with Crippen LogP contribution in [0.3, 0.4) is 0 Å². The number of rotatable bonds is 5. The quantitative estimate of drug-likeness (QED) is 0.704. The minimum atomic E-state index is 0.577. The standard InChI is InChI=1S/C23H32N6S/c1-3-11-24-23(30)27-22-25-20(28-12-8-17(2)9-13-28)15-21(26-22)29-14-10-18-6-4-5-7-19(18)16-29/h4-7,15,17H,3,8-14,16H2,1-2H3,(H2,24,25,26,27,30). The van der Waals surface area contributed by atoms with E-state index in [0.29, 0.717) is 11.1 Å². The molecule has 1 saturated heterocycles. The van der Waals surface area contributed by atoms with Crippen LogP contribution in [-0.2, 0) is 13.0 Å². The van der Waals surface area contributed by atoms with Crippen LogP contribution in [0.15, 0.2) is 30.3 Å². The molecule has 30 heavy (non-hydrogen) atoms. The summed E-state index contributed by atoms with van der Waals surface area (Å²) >= 11 is 5.44. The molecule has 0 saturated carbocycles. The predicted octanol–water partition coefficient (Wildman–Crippen LogP) is 3.97. The van der Waals surface area contributed by atoms with Crippen LogP contribution in [0.2, 0.25) is 0 Å². The molecule has 6 nitrogen and oxygen atoms in total. The van der Waals surface area contributed by atoms with Gasteiger partial charge in [-0.05, 0) is 54.9 Å². The van der Waals surface area contributed by atoms with Crippen LogP contribution in [-0.4, -0.2) is 41.3 Å². The van der Waals surface area contributed by atoms with Gasteiger partial charge < -0.3 is 20.4 Å². The monoisotopic (exact) mass is 424 g/mol. The summed E-state index contributed by atoms with van der Waals surface area (Å²) < 4.78 is 0. The van der Waals surface area contributed by atoms with Gasteiger partial charge in [-0.25, -0.2) is 0 Å². The first-order valence-corrected chi connectivity index (χ1v) is 11.5. The van der Waals surface area contributed by atoms with Crippen molar-refractivity contribution in [3.05, 3.63) is 41.5 Å². The number of hydrogen-bond acceptors (Lipinski definition) is 5. The molecule has 0 bridgehead atoms. The lowest BCUT2D eigenvalue weighted by Gasteiger charge is -2.33. The zero-order valence-corrected chi connectivity index (χ0v) is 18.8. The van der Waals surface area contributed by atoms with E-state index in [4.69, 9.17) is 22.2 Å². The molecule has 4 rings (SSSR count). The summed E-state index contributed by atoms with van der Waals surface area (Å²) in [6.45, 7) is 9.21. The highest BCUT2D eigenvalue weighted by atomic mass is 32.1. The molecule has 0 radical (unpaired) electrons. The fourth-order valence-corrected chi connectivity index (χ4v) is 4.31. The topological polar surface area (TPSA) is 56.3 Å². The van der Waals surface area contributed by atoms with E-state index in [-0.39, 0.29) is 0 Å². The summed E-state index contributed by atoms with van der Waals surface area (Å²) in [6, 6.07) is 10.8. The Kier molecular flexibility index (Phi) is 6.67. The fraction of sp³-hybridized carbons (Fsp3) is 0.522. The van der Waals surface area contributed by atoms with Crippen molar-refractivity contribution in [1.29, 1.82) is 0 Å². The van der Waals surface area contributed by atoms with Crippen LogP contribution in [0.4, 0.5) is 17.6 Å². The molecule has 7 heteroatoms. The third-order valence-electron chi connectivity index (χ3n) is 6.02. The second-order valence-electron chi connectivity index (χ2n) is 8.40. The number of aromatic nitrogens is 2. The van der Waals surface area contributed by atoms with Crippen molar-refractivity contribution in [2.45, 2.75) is 46.1 Å². The molecule has 1 aromatic heterocycles. The average molecular weight is 425 g/mol. The van der Waals surface area contributed by atoms with Crippen molar-refractivity contribution < 1.29 is 0 Å². The molecule has 160 valence electrons. The number of nitrogens with zero attached hydrogens (tertiary/aromatic N) is 4. The Bertz CT molecular complexity index is 878. The van der Waals surface area contributed by atoms with Crippen LogP contribution in [0.25, 0.3) is 0 Å².